The summed E-state index contributed by atoms with van der Waals surface area (Å²) in [4.78, 5) is 14.7. The van der Waals surface area contributed by atoms with Crippen molar-refractivity contribution in [2.75, 3.05) is 13.1 Å². The van der Waals surface area contributed by atoms with Gasteiger partial charge in [-0.3, -0.25) is 4.79 Å². The number of likely N-dealkylation sites (tertiary alicyclic amines) is 1. The third-order valence-corrected chi connectivity index (χ3v) is 5.29. The first-order chi connectivity index (χ1) is 10.6. The van der Waals surface area contributed by atoms with Crippen molar-refractivity contribution in [2.24, 2.45) is 17.6 Å². The fourth-order valence-corrected chi connectivity index (χ4v) is 3.87. The molecule has 1 saturated carbocycles. The van der Waals surface area contributed by atoms with Gasteiger partial charge in [-0.25, -0.2) is 0 Å². The molecule has 1 amide bonds. The summed E-state index contributed by atoms with van der Waals surface area (Å²) in [5, 5.41) is 0.536. The van der Waals surface area contributed by atoms with Gasteiger partial charge in [0.2, 0.25) is 0 Å². The van der Waals surface area contributed by atoms with Gasteiger partial charge in [-0.2, -0.15) is 0 Å². The summed E-state index contributed by atoms with van der Waals surface area (Å²) < 4.78 is 5.86. The summed E-state index contributed by atoms with van der Waals surface area (Å²) in [5.41, 5.74) is 6.15. The summed E-state index contributed by atoms with van der Waals surface area (Å²) in [6.07, 6.45) is 2.37. The van der Waals surface area contributed by atoms with E-state index in [9.17, 15) is 4.79 Å². The number of carbonyl (C=O) groups is 1. The standard InChI is InChI=1S/C17H23ClN2O2.ClH/c1-2-15(22-16-6-4-3-5-13(16)18)17(21)20-9-11-7-8-14(19)12(11)10-20;/h3-6,11-12,14-15H,2,7-10,19H2,1H3;1H. The number of benzene rings is 1. The van der Waals surface area contributed by atoms with E-state index in [1.165, 1.54) is 0 Å². The zero-order chi connectivity index (χ0) is 15.7. The van der Waals surface area contributed by atoms with Gasteiger partial charge in [0, 0.05) is 19.1 Å². The number of nitrogens with two attached hydrogens (primary N) is 1. The average molecular weight is 359 g/mol. The Kier molecular flexibility index (Phi) is 6.18. The minimum Gasteiger partial charge on any atom is -0.479 e. The van der Waals surface area contributed by atoms with Gasteiger partial charge in [-0.1, -0.05) is 30.7 Å². The first-order valence-electron chi connectivity index (χ1n) is 8.05. The zero-order valence-corrected chi connectivity index (χ0v) is 14.9. The summed E-state index contributed by atoms with van der Waals surface area (Å²) in [6.45, 7) is 3.55. The van der Waals surface area contributed by atoms with E-state index in [0.717, 1.165) is 25.9 Å². The van der Waals surface area contributed by atoms with Crippen LogP contribution in [0.1, 0.15) is 26.2 Å². The summed E-state index contributed by atoms with van der Waals surface area (Å²) >= 11 is 6.12. The van der Waals surface area contributed by atoms with Gasteiger partial charge >= 0.3 is 0 Å². The van der Waals surface area contributed by atoms with Crippen LogP contribution in [-0.4, -0.2) is 36.0 Å². The van der Waals surface area contributed by atoms with Crippen LogP contribution < -0.4 is 10.5 Å². The fourth-order valence-electron chi connectivity index (χ4n) is 3.69. The average Bonchev–Trinajstić information content (AvgIpc) is 3.08. The van der Waals surface area contributed by atoms with Crippen LogP contribution in [0, 0.1) is 11.8 Å². The SMILES string of the molecule is CCC(Oc1ccccc1Cl)C(=O)N1CC2CCC(N)C2C1.Cl. The Morgan fingerprint density at radius 1 is 1.39 bits per heavy atom. The van der Waals surface area contributed by atoms with Gasteiger partial charge in [0.05, 0.1) is 5.02 Å². The Balaban J connectivity index is 0.00000192. The molecule has 0 radical (unpaired) electrons. The fraction of sp³-hybridized carbons (Fsp3) is 0.588. The topological polar surface area (TPSA) is 55.6 Å². The lowest BCUT2D eigenvalue weighted by atomic mass is 9.98. The number of amides is 1. The number of ether oxygens (including phenoxy) is 1. The molecule has 4 nitrogen and oxygen atoms in total. The molecule has 4 atom stereocenters. The molecule has 1 aromatic rings. The molecule has 128 valence electrons. The van der Waals surface area contributed by atoms with Gasteiger partial charge < -0.3 is 15.4 Å². The predicted molar refractivity (Wildman–Crippen MR) is 94.2 cm³/mol. The maximum atomic E-state index is 12.7. The number of halogens is 2. The second kappa shape index (κ2) is 7.73. The number of fused-ring (bicyclic) bond motifs is 1. The number of hydrogen-bond donors (Lipinski definition) is 1. The van der Waals surface area contributed by atoms with E-state index in [4.69, 9.17) is 22.1 Å². The Morgan fingerprint density at radius 2 is 2.13 bits per heavy atom. The smallest absolute Gasteiger partial charge is 0.263 e. The van der Waals surface area contributed by atoms with Crippen LogP contribution in [0.5, 0.6) is 5.75 Å². The normalized spacial score (nSPS) is 27.3. The molecule has 1 aliphatic carbocycles. The highest BCUT2D eigenvalue weighted by molar-refractivity contribution is 6.32. The predicted octanol–water partition coefficient (Wildman–Crippen LogP) is 3.11. The molecule has 0 aromatic heterocycles. The van der Waals surface area contributed by atoms with E-state index < -0.39 is 6.10 Å². The van der Waals surface area contributed by atoms with Gasteiger partial charge in [-0.05, 0) is 43.2 Å². The van der Waals surface area contributed by atoms with Crippen LogP contribution in [0.2, 0.25) is 5.02 Å². The van der Waals surface area contributed by atoms with Crippen molar-refractivity contribution in [1.29, 1.82) is 0 Å². The van der Waals surface area contributed by atoms with E-state index in [1.807, 2.05) is 24.0 Å². The van der Waals surface area contributed by atoms with E-state index >= 15 is 0 Å². The summed E-state index contributed by atoms with van der Waals surface area (Å²) in [7, 11) is 0. The van der Waals surface area contributed by atoms with Crippen LogP contribution in [-0.2, 0) is 4.79 Å². The molecule has 4 unspecified atom stereocenters. The molecule has 0 spiro atoms. The molecule has 1 saturated heterocycles. The number of para-hydroxylation sites is 1. The molecule has 6 heteroatoms. The Bertz CT molecular complexity index is 555. The maximum Gasteiger partial charge on any atom is 0.263 e. The van der Waals surface area contributed by atoms with E-state index in [-0.39, 0.29) is 24.4 Å². The minimum absolute atomic E-state index is 0. The molecule has 2 fully saturated rings. The van der Waals surface area contributed by atoms with Crippen LogP contribution >= 0.6 is 24.0 Å². The third kappa shape index (κ3) is 3.76. The molecule has 1 heterocycles. The maximum absolute atomic E-state index is 12.7. The number of nitrogens with zero attached hydrogens (tertiary/aromatic N) is 1. The third-order valence-electron chi connectivity index (χ3n) is 4.98. The van der Waals surface area contributed by atoms with Crippen molar-refractivity contribution >= 4 is 29.9 Å². The molecule has 2 aliphatic rings. The van der Waals surface area contributed by atoms with Crippen LogP contribution in [0.3, 0.4) is 0 Å². The highest BCUT2D eigenvalue weighted by Gasteiger charge is 2.43. The van der Waals surface area contributed by atoms with Crippen molar-refractivity contribution in [3.05, 3.63) is 29.3 Å². The minimum atomic E-state index is -0.477. The van der Waals surface area contributed by atoms with E-state index in [1.54, 1.807) is 12.1 Å². The second-order valence-corrected chi connectivity index (χ2v) is 6.76. The lowest BCUT2D eigenvalue weighted by Crippen LogP contribution is -2.42. The zero-order valence-electron chi connectivity index (χ0n) is 13.3. The largest absolute Gasteiger partial charge is 0.479 e. The Hall–Kier alpha value is -0.970. The summed E-state index contributed by atoms with van der Waals surface area (Å²) in [6, 6.07) is 7.52. The van der Waals surface area contributed by atoms with Crippen molar-refractivity contribution in [1.82, 2.24) is 4.90 Å². The molecular formula is C17H24Cl2N2O2. The molecule has 23 heavy (non-hydrogen) atoms. The number of carbonyl (C=O) groups excluding carboxylic acids is 1. The molecule has 1 aliphatic heterocycles. The molecular weight excluding hydrogens is 335 g/mol. The van der Waals surface area contributed by atoms with Crippen LogP contribution in [0.25, 0.3) is 0 Å². The first kappa shape index (κ1) is 18.4. The number of rotatable bonds is 4. The number of hydrogen-bond acceptors (Lipinski definition) is 3. The molecule has 3 rings (SSSR count). The Labute approximate surface area is 148 Å². The molecule has 2 N–H and O–H groups in total. The van der Waals surface area contributed by atoms with Gasteiger partial charge in [0.15, 0.2) is 6.10 Å². The Morgan fingerprint density at radius 3 is 2.78 bits per heavy atom. The van der Waals surface area contributed by atoms with Crippen molar-refractivity contribution in [3.8, 4) is 5.75 Å². The van der Waals surface area contributed by atoms with Crippen LogP contribution in [0.15, 0.2) is 24.3 Å². The highest BCUT2D eigenvalue weighted by Crippen LogP contribution is 2.37. The van der Waals surface area contributed by atoms with Gasteiger partial charge in [0.1, 0.15) is 5.75 Å². The van der Waals surface area contributed by atoms with Crippen molar-refractivity contribution in [3.63, 3.8) is 0 Å². The van der Waals surface area contributed by atoms with Gasteiger partial charge in [-0.15, -0.1) is 12.4 Å². The quantitative estimate of drug-likeness (QED) is 0.899. The highest BCUT2D eigenvalue weighted by atomic mass is 35.5. The van der Waals surface area contributed by atoms with Crippen LogP contribution in [0.4, 0.5) is 0 Å². The van der Waals surface area contributed by atoms with Crippen molar-refractivity contribution < 1.29 is 9.53 Å². The van der Waals surface area contributed by atoms with E-state index in [2.05, 4.69) is 0 Å². The first-order valence-corrected chi connectivity index (χ1v) is 8.43. The lowest BCUT2D eigenvalue weighted by Gasteiger charge is -2.25. The lowest BCUT2D eigenvalue weighted by molar-refractivity contribution is -0.138. The molecule has 0 bridgehead atoms. The molecule has 1 aromatic carbocycles. The van der Waals surface area contributed by atoms with Gasteiger partial charge in [0.25, 0.3) is 5.91 Å². The van der Waals surface area contributed by atoms with Crippen molar-refractivity contribution in [2.45, 2.75) is 38.3 Å². The second-order valence-electron chi connectivity index (χ2n) is 6.35. The summed E-state index contributed by atoms with van der Waals surface area (Å²) in [5.74, 6) is 1.66. The monoisotopic (exact) mass is 358 g/mol. The van der Waals surface area contributed by atoms with E-state index in [0.29, 0.717) is 29.0 Å².